The number of rotatable bonds is 4. The molecule has 0 saturated carbocycles. The monoisotopic (exact) mass is 329 g/mol. The lowest BCUT2D eigenvalue weighted by atomic mass is 10.1. The Hall–Kier alpha value is -1.30. The SMILES string of the molecule is CC(C)n1c(CBr)nnc1Cc1ccc(F)cc1F. The first kappa shape index (κ1) is 14.1. The van der Waals surface area contributed by atoms with Crippen molar-refractivity contribution < 1.29 is 8.78 Å². The summed E-state index contributed by atoms with van der Waals surface area (Å²) in [6, 6.07) is 3.76. The molecule has 0 radical (unpaired) electrons. The van der Waals surface area contributed by atoms with Crippen LogP contribution in [-0.4, -0.2) is 14.8 Å². The Morgan fingerprint density at radius 1 is 1.21 bits per heavy atom. The molecule has 0 atom stereocenters. The van der Waals surface area contributed by atoms with Crippen molar-refractivity contribution in [3.05, 3.63) is 47.0 Å². The van der Waals surface area contributed by atoms with Crippen LogP contribution in [-0.2, 0) is 11.8 Å². The van der Waals surface area contributed by atoms with Gasteiger partial charge in [-0.25, -0.2) is 8.78 Å². The first-order valence-corrected chi connectivity index (χ1v) is 7.07. The fraction of sp³-hybridized carbons (Fsp3) is 0.385. The number of nitrogens with zero attached hydrogens (tertiary/aromatic N) is 3. The van der Waals surface area contributed by atoms with Gasteiger partial charge in [-0.1, -0.05) is 22.0 Å². The van der Waals surface area contributed by atoms with E-state index in [9.17, 15) is 8.78 Å². The second kappa shape index (κ2) is 5.77. The van der Waals surface area contributed by atoms with E-state index in [1.807, 2.05) is 18.4 Å². The van der Waals surface area contributed by atoms with Crippen LogP contribution in [0.3, 0.4) is 0 Å². The number of hydrogen-bond donors (Lipinski definition) is 0. The lowest BCUT2D eigenvalue weighted by Gasteiger charge is -2.13. The van der Waals surface area contributed by atoms with Gasteiger partial charge in [-0.05, 0) is 25.5 Å². The van der Waals surface area contributed by atoms with E-state index in [0.29, 0.717) is 23.1 Å². The Morgan fingerprint density at radius 2 is 1.89 bits per heavy atom. The van der Waals surface area contributed by atoms with Gasteiger partial charge in [0.15, 0.2) is 0 Å². The molecule has 2 aromatic rings. The average Bonchev–Trinajstić information content (AvgIpc) is 2.75. The summed E-state index contributed by atoms with van der Waals surface area (Å²) in [7, 11) is 0. The highest BCUT2D eigenvalue weighted by Gasteiger charge is 2.15. The van der Waals surface area contributed by atoms with Gasteiger partial charge in [0.2, 0.25) is 0 Å². The summed E-state index contributed by atoms with van der Waals surface area (Å²) in [5.41, 5.74) is 0.414. The van der Waals surface area contributed by atoms with Crippen molar-refractivity contribution in [3.8, 4) is 0 Å². The van der Waals surface area contributed by atoms with Crippen LogP contribution in [0, 0.1) is 11.6 Å². The predicted octanol–water partition coefficient (Wildman–Crippen LogP) is 3.62. The van der Waals surface area contributed by atoms with Crippen LogP contribution >= 0.6 is 15.9 Å². The molecule has 0 spiro atoms. The van der Waals surface area contributed by atoms with E-state index in [1.54, 1.807) is 0 Å². The van der Waals surface area contributed by atoms with Crippen molar-refractivity contribution in [2.75, 3.05) is 0 Å². The van der Waals surface area contributed by atoms with Gasteiger partial charge in [-0.15, -0.1) is 10.2 Å². The van der Waals surface area contributed by atoms with Crippen LogP contribution in [0.15, 0.2) is 18.2 Å². The lowest BCUT2D eigenvalue weighted by molar-refractivity contribution is 0.547. The molecule has 2 rings (SSSR count). The van der Waals surface area contributed by atoms with Crippen molar-refractivity contribution in [1.82, 2.24) is 14.8 Å². The molecule has 0 saturated heterocycles. The summed E-state index contributed by atoms with van der Waals surface area (Å²) in [4.78, 5) is 0. The van der Waals surface area contributed by atoms with E-state index in [2.05, 4.69) is 26.1 Å². The van der Waals surface area contributed by atoms with Crippen molar-refractivity contribution in [2.45, 2.75) is 31.6 Å². The molecule has 6 heteroatoms. The van der Waals surface area contributed by atoms with E-state index in [0.717, 1.165) is 11.9 Å². The van der Waals surface area contributed by atoms with Gasteiger partial charge in [-0.3, -0.25) is 0 Å². The summed E-state index contributed by atoms with van der Waals surface area (Å²) in [5, 5.41) is 8.75. The van der Waals surface area contributed by atoms with Crippen LogP contribution in [0.4, 0.5) is 8.78 Å². The van der Waals surface area contributed by atoms with Gasteiger partial charge >= 0.3 is 0 Å². The van der Waals surface area contributed by atoms with Crippen molar-refractivity contribution in [2.24, 2.45) is 0 Å². The molecule has 1 aromatic heterocycles. The van der Waals surface area contributed by atoms with E-state index in [1.165, 1.54) is 12.1 Å². The van der Waals surface area contributed by atoms with Crippen LogP contribution < -0.4 is 0 Å². The minimum atomic E-state index is -0.576. The molecule has 0 aliphatic rings. The zero-order valence-corrected chi connectivity index (χ0v) is 12.3. The minimum absolute atomic E-state index is 0.182. The third kappa shape index (κ3) is 3.00. The molecule has 0 fully saturated rings. The van der Waals surface area contributed by atoms with Crippen LogP contribution in [0.1, 0.15) is 37.1 Å². The van der Waals surface area contributed by atoms with E-state index >= 15 is 0 Å². The minimum Gasteiger partial charge on any atom is -0.311 e. The number of alkyl halides is 1. The Labute approximate surface area is 118 Å². The maximum Gasteiger partial charge on any atom is 0.143 e. The quantitative estimate of drug-likeness (QED) is 0.802. The molecule has 1 aromatic carbocycles. The third-order valence-electron chi connectivity index (χ3n) is 2.84. The topological polar surface area (TPSA) is 30.7 Å². The number of benzene rings is 1. The standard InChI is InChI=1S/C13H14BrF2N3/c1-8(2)19-12(17-18-13(19)7-14)5-9-3-4-10(15)6-11(9)16/h3-4,6,8H,5,7H2,1-2H3. The highest BCUT2D eigenvalue weighted by Crippen LogP contribution is 2.18. The summed E-state index contributed by atoms with van der Waals surface area (Å²) < 4.78 is 28.5. The molecule has 0 aliphatic carbocycles. The summed E-state index contributed by atoms with van der Waals surface area (Å²) in [6.07, 6.45) is 0.296. The highest BCUT2D eigenvalue weighted by molar-refractivity contribution is 9.08. The fourth-order valence-electron chi connectivity index (χ4n) is 2.00. The Bertz CT molecular complexity index is 581. The molecule has 3 nitrogen and oxygen atoms in total. The Kier molecular flexibility index (Phi) is 4.29. The zero-order chi connectivity index (χ0) is 14.0. The molecule has 1 heterocycles. The summed E-state index contributed by atoms with van der Waals surface area (Å²) in [6.45, 7) is 4.03. The smallest absolute Gasteiger partial charge is 0.143 e. The fourth-order valence-corrected chi connectivity index (χ4v) is 2.39. The molecule has 0 unspecified atom stereocenters. The second-order valence-electron chi connectivity index (χ2n) is 4.54. The van der Waals surface area contributed by atoms with E-state index < -0.39 is 11.6 Å². The first-order chi connectivity index (χ1) is 9.02. The van der Waals surface area contributed by atoms with Gasteiger partial charge in [0.25, 0.3) is 0 Å². The first-order valence-electron chi connectivity index (χ1n) is 5.95. The van der Waals surface area contributed by atoms with Gasteiger partial charge in [0.05, 0.1) is 5.33 Å². The molecule has 0 amide bonds. The largest absolute Gasteiger partial charge is 0.311 e. The van der Waals surface area contributed by atoms with Gasteiger partial charge in [0.1, 0.15) is 23.3 Å². The molecule has 0 aliphatic heterocycles. The van der Waals surface area contributed by atoms with Crippen molar-refractivity contribution >= 4 is 15.9 Å². The normalized spacial score (nSPS) is 11.3. The molecular weight excluding hydrogens is 316 g/mol. The van der Waals surface area contributed by atoms with Gasteiger partial charge < -0.3 is 4.57 Å². The van der Waals surface area contributed by atoms with Crippen molar-refractivity contribution in [1.29, 1.82) is 0 Å². The van der Waals surface area contributed by atoms with Gasteiger partial charge in [0, 0.05) is 18.5 Å². The maximum absolute atomic E-state index is 13.7. The third-order valence-corrected chi connectivity index (χ3v) is 3.34. The van der Waals surface area contributed by atoms with Crippen LogP contribution in [0.25, 0.3) is 0 Å². The van der Waals surface area contributed by atoms with Crippen LogP contribution in [0.5, 0.6) is 0 Å². The number of aromatic nitrogens is 3. The Morgan fingerprint density at radius 3 is 2.47 bits per heavy atom. The zero-order valence-electron chi connectivity index (χ0n) is 10.7. The Balaban J connectivity index is 2.35. The van der Waals surface area contributed by atoms with Gasteiger partial charge in [-0.2, -0.15) is 0 Å². The predicted molar refractivity (Wildman–Crippen MR) is 72.2 cm³/mol. The molecule has 102 valence electrons. The summed E-state index contributed by atoms with van der Waals surface area (Å²) >= 11 is 3.35. The maximum atomic E-state index is 13.7. The molecule has 0 N–H and O–H groups in total. The van der Waals surface area contributed by atoms with Crippen molar-refractivity contribution in [3.63, 3.8) is 0 Å². The van der Waals surface area contributed by atoms with E-state index in [-0.39, 0.29) is 6.04 Å². The number of hydrogen-bond acceptors (Lipinski definition) is 2. The van der Waals surface area contributed by atoms with Crippen LogP contribution in [0.2, 0.25) is 0 Å². The van der Waals surface area contributed by atoms with E-state index in [4.69, 9.17) is 0 Å². The molecular formula is C13H14BrF2N3. The highest BCUT2D eigenvalue weighted by atomic mass is 79.9. The second-order valence-corrected chi connectivity index (χ2v) is 5.10. The molecule has 19 heavy (non-hydrogen) atoms. The summed E-state index contributed by atoms with van der Waals surface area (Å²) in [5.74, 6) is 0.342. The molecule has 0 bridgehead atoms. The lowest BCUT2D eigenvalue weighted by Crippen LogP contribution is -2.10. The number of halogens is 3. The average molecular weight is 330 g/mol.